The Kier molecular flexibility index (Phi) is 3.05. The molecule has 0 heterocycles. The smallest absolute Gasteiger partial charge is 0.136 e. The molecule has 15 heavy (non-hydrogen) atoms. The molecule has 2 aromatic carbocycles. The second-order valence-corrected chi connectivity index (χ2v) is 3.95. The largest absolute Gasteiger partial charge is 0.348 e. The molecule has 0 bridgehead atoms. The quantitative estimate of drug-likeness (QED) is 0.803. The highest BCUT2D eigenvalue weighted by atomic mass is 35.5. The van der Waals surface area contributed by atoms with Crippen LogP contribution >= 0.6 is 11.6 Å². The Bertz CT molecular complexity index is 422. The number of halogens is 1. The molecule has 1 nitrogen and oxygen atoms in total. The minimum Gasteiger partial charge on any atom is -0.348 e. The van der Waals surface area contributed by atoms with Crippen molar-refractivity contribution in [3.05, 3.63) is 70.7 Å². The molecular weight excluding hydrogens is 206 g/mol. The topological polar surface area (TPSA) is 27.6 Å². The maximum absolute atomic E-state index is 5.84. The van der Waals surface area contributed by atoms with Gasteiger partial charge in [-0.2, -0.15) is 0 Å². The second kappa shape index (κ2) is 4.47. The molecule has 0 fully saturated rings. The first-order valence-corrected chi connectivity index (χ1v) is 5.28. The van der Waals surface area contributed by atoms with E-state index >= 15 is 0 Å². The van der Waals surface area contributed by atoms with Gasteiger partial charge in [-0.15, -0.1) is 0 Å². The Morgan fingerprint density at radius 3 is 1.93 bits per heavy atom. The van der Waals surface area contributed by atoms with E-state index in [2.05, 4.69) is 17.9 Å². The van der Waals surface area contributed by atoms with Crippen LogP contribution in [0.2, 0.25) is 5.02 Å². The van der Waals surface area contributed by atoms with Crippen LogP contribution in [0, 0.1) is 0 Å². The third-order valence-electron chi connectivity index (χ3n) is 2.47. The zero-order chi connectivity index (χ0) is 10.7. The molecule has 0 aliphatic heterocycles. The summed E-state index contributed by atoms with van der Waals surface area (Å²) in [5.74, 6) is 0. The Labute approximate surface area is 94.5 Å². The van der Waals surface area contributed by atoms with Gasteiger partial charge in [-0.25, -0.2) is 0 Å². The summed E-state index contributed by atoms with van der Waals surface area (Å²) in [5, 5.41) is 0.763. The summed E-state index contributed by atoms with van der Waals surface area (Å²) in [6.07, 6.45) is 0. The van der Waals surface area contributed by atoms with Crippen molar-refractivity contribution in [2.45, 2.75) is 6.04 Å². The number of rotatable bonds is 2. The number of hydrogen-bond acceptors (Lipinski definition) is 0. The summed E-state index contributed by atoms with van der Waals surface area (Å²) in [6, 6.07) is 18.3. The Morgan fingerprint density at radius 2 is 1.33 bits per heavy atom. The first-order chi connectivity index (χ1) is 7.27. The normalized spacial score (nSPS) is 12.4. The molecule has 0 amide bonds. The molecule has 3 N–H and O–H groups in total. The molecule has 2 heteroatoms. The van der Waals surface area contributed by atoms with Gasteiger partial charge < -0.3 is 5.73 Å². The zero-order valence-electron chi connectivity index (χ0n) is 8.36. The Hall–Kier alpha value is -1.31. The monoisotopic (exact) mass is 218 g/mol. The van der Waals surface area contributed by atoms with Gasteiger partial charge in [0.05, 0.1) is 0 Å². The highest BCUT2D eigenvalue weighted by molar-refractivity contribution is 6.30. The van der Waals surface area contributed by atoms with Crippen molar-refractivity contribution in [2.24, 2.45) is 0 Å². The van der Waals surface area contributed by atoms with Gasteiger partial charge >= 0.3 is 0 Å². The molecule has 2 aromatic rings. The third kappa shape index (κ3) is 2.38. The first-order valence-electron chi connectivity index (χ1n) is 4.91. The van der Waals surface area contributed by atoms with Gasteiger partial charge in [0.15, 0.2) is 0 Å². The summed E-state index contributed by atoms with van der Waals surface area (Å²) >= 11 is 5.84. The second-order valence-electron chi connectivity index (χ2n) is 3.51. The third-order valence-corrected chi connectivity index (χ3v) is 2.73. The van der Waals surface area contributed by atoms with Crippen molar-refractivity contribution in [3.8, 4) is 0 Å². The van der Waals surface area contributed by atoms with Crippen LogP contribution in [0.25, 0.3) is 0 Å². The first kappa shape index (κ1) is 10.2. The summed E-state index contributed by atoms with van der Waals surface area (Å²) in [7, 11) is 0. The summed E-state index contributed by atoms with van der Waals surface area (Å²) in [6.45, 7) is 0. The van der Waals surface area contributed by atoms with Gasteiger partial charge in [0, 0.05) is 16.1 Å². The predicted octanol–water partition coefficient (Wildman–Crippen LogP) is 2.67. The number of quaternary nitrogens is 1. The van der Waals surface area contributed by atoms with Crippen LogP contribution in [0.1, 0.15) is 17.2 Å². The minimum atomic E-state index is 0.170. The van der Waals surface area contributed by atoms with Gasteiger partial charge in [-0.05, 0) is 12.1 Å². The highest BCUT2D eigenvalue weighted by Crippen LogP contribution is 2.19. The number of hydrogen-bond donors (Lipinski definition) is 1. The molecule has 0 saturated heterocycles. The zero-order valence-corrected chi connectivity index (χ0v) is 9.11. The number of benzene rings is 2. The van der Waals surface area contributed by atoms with Gasteiger partial charge in [0.2, 0.25) is 0 Å². The van der Waals surface area contributed by atoms with Crippen LogP contribution in [-0.4, -0.2) is 0 Å². The van der Waals surface area contributed by atoms with Crippen molar-refractivity contribution >= 4 is 11.6 Å². The van der Waals surface area contributed by atoms with Crippen molar-refractivity contribution in [1.29, 1.82) is 0 Å². The fourth-order valence-electron chi connectivity index (χ4n) is 1.57. The molecule has 0 unspecified atom stereocenters. The molecule has 2 rings (SSSR count). The van der Waals surface area contributed by atoms with E-state index in [-0.39, 0.29) is 6.04 Å². The van der Waals surface area contributed by atoms with Crippen molar-refractivity contribution in [3.63, 3.8) is 0 Å². The molecule has 0 aliphatic carbocycles. The van der Waals surface area contributed by atoms with E-state index in [1.807, 2.05) is 42.5 Å². The molecule has 76 valence electrons. The van der Waals surface area contributed by atoms with E-state index in [0.717, 1.165) is 5.02 Å². The molecule has 0 radical (unpaired) electrons. The fraction of sp³-hybridized carbons (Fsp3) is 0.0769. The van der Waals surface area contributed by atoms with E-state index in [9.17, 15) is 0 Å². The van der Waals surface area contributed by atoms with Crippen LogP contribution < -0.4 is 5.73 Å². The Morgan fingerprint density at radius 1 is 0.800 bits per heavy atom. The SMILES string of the molecule is [NH3+][C@@H](c1ccccc1)c1ccc(Cl)cc1. The lowest BCUT2D eigenvalue weighted by atomic mass is 10.00. The average molecular weight is 219 g/mol. The van der Waals surface area contributed by atoms with Gasteiger partial charge in [-0.1, -0.05) is 54.1 Å². The molecule has 0 aromatic heterocycles. The lowest BCUT2D eigenvalue weighted by Gasteiger charge is -2.08. The van der Waals surface area contributed by atoms with Crippen molar-refractivity contribution < 1.29 is 5.73 Å². The lowest BCUT2D eigenvalue weighted by Crippen LogP contribution is -2.53. The van der Waals surface area contributed by atoms with Crippen LogP contribution in [0.5, 0.6) is 0 Å². The van der Waals surface area contributed by atoms with E-state index in [0.29, 0.717) is 0 Å². The maximum Gasteiger partial charge on any atom is 0.136 e. The highest BCUT2D eigenvalue weighted by Gasteiger charge is 2.10. The van der Waals surface area contributed by atoms with Crippen LogP contribution in [0.3, 0.4) is 0 Å². The van der Waals surface area contributed by atoms with Gasteiger partial charge in [0.25, 0.3) is 0 Å². The molecule has 0 spiro atoms. The van der Waals surface area contributed by atoms with Crippen molar-refractivity contribution in [1.82, 2.24) is 0 Å². The van der Waals surface area contributed by atoms with Gasteiger partial charge in [0.1, 0.15) is 6.04 Å². The molecule has 0 saturated carbocycles. The maximum atomic E-state index is 5.84. The van der Waals surface area contributed by atoms with E-state index in [1.54, 1.807) is 0 Å². The van der Waals surface area contributed by atoms with Crippen molar-refractivity contribution in [2.75, 3.05) is 0 Å². The summed E-state index contributed by atoms with van der Waals surface area (Å²) < 4.78 is 0. The van der Waals surface area contributed by atoms with Crippen LogP contribution in [0.4, 0.5) is 0 Å². The molecular formula is C13H13ClN+. The minimum absolute atomic E-state index is 0.170. The molecule has 1 atom stereocenters. The summed E-state index contributed by atoms with van der Waals surface area (Å²) in [4.78, 5) is 0. The standard InChI is InChI=1S/C13H12ClN/c14-12-8-6-11(7-9-12)13(15)10-4-2-1-3-5-10/h1-9,13H,15H2/p+1/t13-/m0/s1. The fourth-order valence-corrected chi connectivity index (χ4v) is 1.70. The van der Waals surface area contributed by atoms with Crippen LogP contribution in [-0.2, 0) is 0 Å². The molecule has 0 aliphatic rings. The van der Waals surface area contributed by atoms with Gasteiger partial charge in [-0.3, -0.25) is 0 Å². The van der Waals surface area contributed by atoms with Crippen LogP contribution in [0.15, 0.2) is 54.6 Å². The average Bonchev–Trinajstić information content (AvgIpc) is 2.30. The van der Waals surface area contributed by atoms with E-state index in [4.69, 9.17) is 11.6 Å². The lowest BCUT2D eigenvalue weighted by molar-refractivity contribution is -0.411. The van der Waals surface area contributed by atoms with E-state index < -0.39 is 0 Å². The Balaban J connectivity index is 2.29. The summed E-state index contributed by atoms with van der Waals surface area (Å²) in [5.41, 5.74) is 6.57. The van der Waals surface area contributed by atoms with E-state index in [1.165, 1.54) is 11.1 Å². The predicted molar refractivity (Wildman–Crippen MR) is 62.6 cm³/mol.